The summed E-state index contributed by atoms with van der Waals surface area (Å²) < 4.78 is 23.3. The highest BCUT2D eigenvalue weighted by atomic mass is 16.5. The predicted octanol–water partition coefficient (Wildman–Crippen LogP) is 4.30. The Labute approximate surface area is 169 Å². The van der Waals surface area contributed by atoms with Crippen LogP contribution >= 0.6 is 0 Å². The molecule has 2 atom stereocenters. The first-order valence-electron chi connectivity index (χ1n) is 9.59. The zero-order chi connectivity index (χ0) is 20.3. The molecule has 0 spiro atoms. The van der Waals surface area contributed by atoms with Crippen LogP contribution in [-0.4, -0.2) is 32.2 Å². The third kappa shape index (κ3) is 2.57. The maximum Gasteiger partial charge on any atom is 0.192 e. The van der Waals surface area contributed by atoms with E-state index in [-0.39, 0.29) is 5.78 Å². The molecule has 3 aliphatic rings. The van der Waals surface area contributed by atoms with E-state index in [0.717, 1.165) is 22.6 Å². The highest BCUT2D eigenvalue weighted by Crippen LogP contribution is 2.50. The van der Waals surface area contributed by atoms with Gasteiger partial charge in [-0.05, 0) is 36.4 Å². The highest BCUT2D eigenvalue weighted by Gasteiger charge is 2.54. The fourth-order valence-electron chi connectivity index (χ4n) is 4.37. The van der Waals surface area contributed by atoms with Gasteiger partial charge in [0.2, 0.25) is 0 Å². The van der Waals surface area contributed by atoms with Crippen molar-refractivity contribution in [3.63, 3.8) is 0 Å². The molecular weight excluding hydrogens is 368 g/mol. The van der Waals surface area contributed by atoms with Gasteiger partial charge in [0.15, 0.2) is 5.78 Å². The summed E-state index contributed by atoms with van der Waals surface area (Å²) in [7, 11) is 3.25. The number of methoxy groups -OCH3 is 2. The highest BCUT2D eigenvalue weighted by molar-refractivity contribution is 6.16. The number of hydrogen-bond acceptors (Lipinski definition) is 5. The SMILES string of the molecule is COc1ccc2c(c1)O[C@@H]1C(=C2)C(=O)C2=Cc3ccc(OC)cc3O[C@@H]2C1(C)C. The summed E-state index contributed by atoms with van der Waals surface area (Å²) in [5.41, 5.74) is 2.61. The van der Waals surface area contributed by atoms with Crippen molar-refractivity contribution in [2.45, 2.75) is 26.1 Å². The van der Waals surface area contributed by atoms with Crippen molar-refractivity contribution in [3.8, 4) is 23.0 Å². The number of carbonyl (C=O) groups excluding carboxylic acids is 1. The standard InChI is InChI=1S/C24H22O5/c1-24(2)22-17(9-13-5-7-15(26-3)11-19(13)28-22)21(25)18-10-14-6-8-16(27-4)12-20(14)29-23(18)24/h5-12,22-23H,1-4H3/t22-,23+. The number of ketones is 1. The van der Waals surface area contributed by atoms with Crippen LogP contribution in [0.3, 0.4) is 0 Å². The molecule has 5 rings (SSSR count). The minimum Gasteiger partial charge on any atom is -0.497 e. The number of benzene rings is 2. The summed E-state index contributed by atoms with van der Waals surface area (Å²) in [6.45, 7) is 4.15. The molecular formula is C24H22O5. The van der Waals surface area contributed by atoms with Gasteiger partial charge in [0.1, 0.15) is 35.2 Å². The Kier molecular flexibility index (Phi) is 3.78. The first-order chi connectivity index (χ1) is 13.9. The van der Waals surface area contributed by atoms with Crippen molar-refractivity contribution in [1.82, 2.24) is 0 Å². The van der Waals surface area contributed by atoms with Gasteiger partial charge in [0.25, 0.3) is 0 Å². The van der Waals surface area contributed by atoms with Crippen molar-refractivity contribution < 1.29 is 23.7 Å². The molecule has 2 aromatic rings. The van der Waals surface area contributed by atoms with Gasteiger partial charge < -0.3 is 18.9 Å². The van der Waals surface area contributed by atoms with E-state index in [1.807, 2.05) is 48.6 Å². The van der Waals surface area contributed by atoms with E-state index in [0.29, 0.717) is 22.6 Å². The Balaban J connectivity index is 1.63. The van der Waals surface area contributed by atoms with Crippen molar-refractivity contribution in [2.75, 3.05) is 14.2 Å². The number of fused-ring (bicyclic) bond motifs is 4. The quantitative estimate of drug-likeness (QED) is 0.765. The van der Waals surface area contributed by atoms with Gasteiger partial charge in [-0.15, -0.1) is 0 Å². The van der Waals surface area contributed by atoms with Crippen molar-refractivity contribution in [1.29, 1.82) is 0 Å². The number of ether oxygens (including phenoxy) is 4. The molecule has 2 aliphatic heterocycles. The molecule has 2 heterocycles. The summed E-state index contributed by atoms with van der Waals surface area (Å²) in [4.78, 5) is 13.4. The summed E-state index contributed by atoms with van der Waals surface area (Å²) in [6.07, 6.45) is 3.05. The lowest BCUT2D eigenvalue weighted by Gasteiger charge is -2.48. The fraction of sp³-hybridized carbons (Fsp3) is 0.292. The molecule has 148 valence electrons. The smallest absolute Gasteiger partial charge is 0.192 e. The average Bonchev–Trinajstić information content (AvgIpc) is 2.75. The zero-order valence-electron chi connectivity index (χ0n) is 16.8. The van der Waals surface area contributed by atoms with Crippen LogP contribution < -0.4 is 18.9 Å². The lowest BCUT2D eigenvalue weighted by Crippen LogP contribution is -2.56. The minimum absolute atomic E-state index is 0.0257. The summed E-state index contributed by atoms with van der Waals surface area (Å²) in [5.74, 6) is 2.84. The van der Waals surface area contributed by atoms with E-state index in [1.54, 1.807) is 14.2 Å². The third-order valence-electron chi connectivity index (χ3n) is 5.99. The van der Waals surface area contributed by atoms with Crippen LogP contribution in [0.25, 0.3) is 12.2 Å². The molecule has 0 unspecified atom stereocenters. The van der Waals surface area contributed by atoms with Crippen LogP contribution in [-0.2, 0) is 4.79 Å². The van der Waals surface area contributed by atoms with Crippen LogP contribution in [0.4, 0.5) is 0 Å². The molecule has 5 heteroatoms. The van der Waals surface area contributed by atoms with Crippen LogP contribution in [0.2, 0.25) is 0 Å². The largest absolute Gasteiger partial charge is 0.497 e. The van der Waals surface area contributed by atoms with E-state index in [4.69, 9.17) is 18.9 Å². The Morgan fingerprint density at radius 2 is 1.24 bits per heavy atom. The number of rotatable bonds is 2. The second-order valence-corrected chi connectivity index (χ2v) is 8.15. The molecule has 0 radical (unpaired) electrons. The number of Topliss-reactive ketones (excluding diaryl/α,β-unsaturated/α-hetero) is 1. The molecule has 1 aliphatic carbocycles. The van der Waals surface area contributed by atoms with Crippen molar-refractivity contribution in [2.24, 2.45) is 5.41 Å². The van der Waals surface area contributed by atoms with Crippen molar-refractivity contribution >= 4 is 17.9 Å². The van der Waals surface area contributed by atoms with E-state index < -0.39 is 17.6 Å². The Morgan fingerprint density at radius 3 is 1.66 bits per heavy atom. The van der Waals surface area contributed by atoms with E-state index in [1.165, 1.54) is 0 Å². The molecule has 5 nitrogen and oxygen atoms in total. The third-order valence-corrected chi connectivity index (χ3v) is 5.99. The number of carbonyl (C=O) groups is 1. The van der Waals surface area contributed by atoms with E-state index >= 15 is 0 Å². The topological polar surface area (TPSA) is 54.0 Å². The van der Waals surface area contributed by atoms with Crippen LogP contribution in [0.15, 0.2) is 47.5 Å². The molecule has 1 fully saturated rings. The van der Waals surface area contributed by atoms with Crippen molar-refractivity contribution in [3.05, 3.63) is 58.7 Å². The Morgan fingerprint density at radius 1 is 0.793 bits per heavy atom. The maximum absolute atomic E-state index is 13.4. The molecule has 0 bridgehead atoms. The first-order valence-corrected chi connectivity index (χ1v) is 9.59. The molecule has 2 aromatic carbocycles. The summed E-state index contributed by atoms with van der Waals surface area (Å²) in [6, 6.07) is 11.3. The van der Waals surface area contributed by atoms with Crippen LogP contribution in [0, 0.1) is 5.41 Å². The summed E-state index contributed by atoms with van der Waals surface area (Å²) >= 11 is 0. The molecule has 29 heavy (non-hydrogen) atoms. The monoisotopic (exact) mass is 390 g/mol. The van der Waals surface area contributed by atoms with Gasteiger partial charge in [-0.2, -0.15) is 0 Å². The van der Waals surface area contributed by atoms with Gasteiger partial charge in [-0.1, -0.05) is 13.8 Å². The summed E-state index contributed by atoms with van der Waals surface area (Å²) in [5, 5.41) is 0. The normalized spacial score (nSPS) is 23.1. The first kappa shape index (κ1) is 17.9. The molecule has 0 aromatic heterocycles. The lowest BCUT2D eigenvalue weighted by atomic mass is 9.65. The van der Waals surface area contributed by atoms with Crippen LogP contribution in [0.5, 0.6) is 23.0 Å². The molecule has 0 N–H and O–H groups in total. The molecule has 0 amide bonds. The van der Waals surface area contributed by atoms with Gasteiger partial charge in [-0.3, -0.25) is 4.79 Å². The zero-order valence-corrected chi connectivity index (χ0v) is 16.8. The van der Waals surface area contributed by atoms with Crippen LogP contribution in [0.1, 0.15) is 25.0 Å². The van der Waals surface area contributed by atoms with Gasteiger partial charge in [-0.25, -0.2) is 0 Å². The Hall–Kier alpha value is -3.21. The minimum atomic E-state index is -0.465. The lowest BCUT2D eigenvalue weighted by molar-refractivity contribution is -0.119. The van der Waals surface area contributed by atoms with Gasteiger partial charge in [0, 0.05) is 39.8 Å². The average molecular weight is 390 g/mol. The number of hydrogen-bond donors (Lipinski definition) is 0. The fourth-order valence-corrected chi connectivity index (χ4v) is 4.37. The second kappa shape index (κ2) is 6.14. The Bertz CT molecular complexity index is 1010. The van der Waals surface area contributed by atoms with E-state index in [2.05, 4.69) is 13.8 Å². The molecule has 0 saturated heterocycles. The maximum atomic E-state index is 13.4. The molecule has 1 saturated carbocycles. The second-order valence-electron chi connectivity index (χ2n) is 8.15. The van der Waals surface area contributed by atoms with Gasteiger partial charge >= 0.3 is 0 Å². The van der Waals surface area contributed by atoms with Gasteiger partial charge in [0.05, 0.1) is 14.2 Å². The predicted molar refractivity (Wildman–Crippen MR) is 110 cm³/mol. The van der Waals surface area contributed by atoms with E-state index in [9.17, 15) is 4.79 Å².